The highest BCUT2D eigenvalue weighted by Crippen LogP contribution is 2.50. The van der Waals surface area contributed by atoms with Crippen LogP contribution in [0, 0.1) is 0 Å². The summed E-state index contributed by atoms with van der Waals surface area (Å²) in [7, 11) is 0. The molecule has 1 aromatic carbocycles. The van der Waals surface area contributed by atoms with Crippen LogP contribution in [-0.4, -0.2) is 13.2 Å². The van der Waals surface area contributed by atoms with Gasteiger partial charge < -0.3 is 15.2 Å². The second-order valence-corrected chi connectivity index (χ2v) is 5.09. The van der Waals surface area contributed by atoms with Crippen molar-refractivity contribution in [3.63, 3.8) is 0 Å². The van der Waals surface area contributed by atoms with E-state index in [1.54, 1.807) is 6.07 Å². The molecule has 0 aromatic heterocycles. The van der Waals surface area contributed by atoms with Gasteiger partial charge in [0.25, 0.3) is 5.92 Å². The molecule has 1 heterocycles. The topological polar surface area (TPSA) is 44.5 Å². The average molecular weight is 255 g/mol. The van der Waals surface area contributed by atoms with Crippen molar-refractivity contribution in [1.82, 2.24) is 0 Å². The van der Waals surface area contributed by atoms with Crippen molar-refractivity contribution in [1.29, 1.82) is 0 Å². The minimum absolute atomic E-state index is 0.0493. The Morgan fingerprint density at radius 2 is 1.72 bits per heavy atom. The first kappa shape index (κ1) is 11.7. The molecule has 2 aliphatic rings. The summed E-state index contributed by atoms with van der Waals surface area (Å²) in [6.07, 6.45) is 1.46. The molecule has 18 heavy (non-hydrogen) atoms. The predicted octanol–water partition coefficient (Wildman–Crippen LogP) is 2.52. The second-order valence-electron chi connectivity index (χ2n) is 5.09. The highest BCUT2D eigenvalue weighted by molar-refractivity contribution is 5.53. The highest BCUT2D eigenvalue weighted by atomic mass is 19.3. The van der Waals surface area contributed by atoms with E-state index in [4.69, 9.17) is 15.2 Å². The third-order valence-electron chi connectivity index (χ3n) is 3.48. The fraction of sp³-hybridized carbons (Fsp3) is 0.538. The van der Waals surface area contributed by atoms with Gasteiger partial charge in [-0.1, -0.05) is 0 Å². The molecule has 0 amide bonds. The first-order valence-electron chi connectivity index (χ1n) is 6.01. The maximum absolute atomic E-state index is 13.7. The van der Waals surface area contributed by atoms with E-state index >= 15 is 0 Å². The Morgan fingerprint density at radius 3 is 2.22 bits per heavy atom. The molecule has 3 rings (SSSR count). The lowest BCUT2D eigenvalue weighted by Crippen LogP contribution is -2.26. The smallest absolute Gasteiger partial charge is 0.270 e. The van der Waals surface area contributed by atoms with Crippen LogP contribution >= 0.6 is 0 Å². The molecule has 0 spiro atoms. The molecule has 0 radical (unpaired) electrons. The summed E-state index contributed by atoms with van der Waals surface area (Å²) >= 11 is 0. The number of nitrogens with two attached hydrogens (primary N) is 1. The van der Waals surface area contributed by atoms with Crippen LogP contribution in [0.5, 0.6) is 11.5 Å². The van der Waals surface area contributed by atoms with Gasteiger partial charge in [0, 0.05) is 18.0 Å². The molecule has 0 unspecified atom stereocenters. The van der Waals surface area contributed by atoms with Gasteiger partial charge >= 0.3 is 0 Å². The summed E-state index contributed by atoms with van der Waals surface area (Å²) in [6, 6.07) is 2.99. The second kappa shape index (κ2) is 3.57. The van der Waals surface area contributed by atoms with Crippen molar-refractivity contribution in [2.45, 2.75) is 31.2 Å². The summed E-state index contributed by atoms with van der Waals surface area (Å²) in [4.78, 5) is 0. The van der Waals surface area contributed by atoms with Gasteiger partial charge in [0.15, 0.2) is 11.5 Å². The Balaban J connectivity index is 2.16. The maximum Gasteiger partial charge on any atom is 0.270 e. The van der Waals surface area contributed by atoms with E-state index < -0.39 is 11.5 Å². The van der Waals surface area contributed by atoms with Crippen molar-refractivity contribution < 1.29 is 18.3 Å². The maximum atomic E-state index is 13.7. The van der Waals surface area contributed by atoms with Gasteiger partial charge in [-0.3, -0.25) is 0 Å². The lowest BCUT2D eigenvalue weighted by atomic mass is 9.94. The quantitative estimate of drug-likeness (QED) is 0.883. The Hall–Kier alpha value is -1.36. The van der Waals surface area contributed by atoms with E-state index in [2.05, 4.69) is 0 Å². The summed E-state index contributed by atoms with van der Waals surface area (Å²) in [5.41, 5.74) is 5.88. The zero-order valence-corrected chi connectivity index (χ0v) is 10.1. The van der Waals surface area contributed by atoms with Gasteiger partial charge in [-0.25, -0.2) is 8.78 Å². The highest BCUT2D eigenvalue weighted by Gasteiger charge is 2.45. The number of fused-ring (bicyclic) bond motifs is 1. The van der Waals surface area contributed by atoms with Crippen molar-refractivity contribution in [3.8, 4) is 11.5 Å². The molecule has 2 N–H and O–H groups in total. The predicted molar refractivity (Wildman–Crippen MR) is 62.1 cm³/mol. The van der Waals surface area contributed by atoms with Gasteiger partial charge in [0.1, 0.15) is 13.2 Å². The number of benzene rings is 1. The van der Waals surface area contributed by atoms with E-state index in [-0.39, 0.29) is 5.56 Å². The molecule has 1 aliphatic heterocycles. The Kier molecular flexibility index (Phi) is 2.32. The first-order valence-corrected chi connectivity index (χ1v) is 6.01. The standard InChI is InChI=1S/C13H15F2NO2/c1-12(14,15)8-6-10-11(18-5-4-17-10)7-9(8)13(16)2-3-13/h6-7H,2-5,16H2,1H3. The molecule has 1 fully saturated rings. The first-order chi connectivity index (χ1) is 8.40. The van der Waals surface area contributed by atoms with Crippen LogP contribution in [0.25, 0.3) is 0 Å². The van der Waals surface area contributed by atoms with Crippen molar-refractivity contribution in [2.24, 2.45) is 5.73 Å². The SMILES string of the molecule is CC(F)(F)c1cc2c(cc1C1(N)CC1)OCCO2. The largest absolute Gasteiger partial charge is 0.486 e. The number of alkyl halides is 2. The van der Waals surface area contributed by atoms with Gasteiger partial charge in [0.05, 0.1) is 0 Å². The van der Waals surface area contributed by atoms with Gasteiger partial charge in [-0.05, 0) is 30.5 Å². The minimum atomic E-state index is -2.93. The molecule has 0 bridgehead atoms. The molecule has 1 saturated carbocycles. The normalized spacial score (nSPS) is 20.7. The van der Waals surface area contributed by atoms with E-state index in [0.717, 1.165) is 19.8 Å². The zero-order valence-electron chi connectivity index (χ0n) is 10.1. The molecule has 98 valence electrons. The third kappa shape index (κ3) is 1.82. The van der Waals surface area contributed by atoms with E-state index in [0.29, 0.717) is 30.3 Å². The molecule has 0 saturated heterocycles. The number of ether oxygens (including phenoxy) is 2. The van der Waals surface area contributed by atoms with Crippen molar-refractivity contribution in [2.75, 3.05) is 13.2 Å². The zero-order chi connectivity index (χ0) is 13.0. The monoisotopic (exact) mass is 255 g/mol. The molecule has 1 aromatic rings. The average Bonchev–Trinajstić information content (AvgIpc) is 3.06. The van der Waals surface area contributed by atoms with Crippen molar-refractivity contribution in [3.05, 3.63) is 23.3 Å². The third-order valence-corrected chi connectivity index (χ3v) is 3.48. The van der Waals surface area contributed by atoms with Crippen LogP contribution < -0.4 is 15.2 Å². The van der Waals surface area contributed by atoms with Crippen LogP contribution in [0.2, 0.25) is 0 Å². The molecule has 5 heteroatoms. The number of hydrogen-bond donors (Lipinski definition) is 1. The number of rotatable bonds is 2. The van der Waals surface area contributed by atoms with Crippen LogP contribution in [0.15, 0.2) is 12.1 Å². The Labute approximate surface area is 104 Å². The number of hydrogen-bond acceptors (Lipinski definition) is 3. The fourth-order valence-electron chi connectivity index (χ4n) is 2.27. The van der Waals surface area contributed by atoms with Crippen LogP contribution in [0.3, 0.4) is 0 Å². The molecule has 1 aliphatic carbocycles. The van der Waals surface area contributed by atoms with Crippen LogP contribution in [-0.2, 0) is 11.5 Å². The molecule has 0 atom stereocenters. The van der Waals surface area contributed by atoms with Gasteiger partial charge in [-0.15, -0.1) is 0 Å². The lowest BCUT2D eigenvalue weighted by Gasteiger charge is -2.25. The van der Waals surface area contributed by atoms with Crippen molar-refractivity contribution >= 4 is 0 Å². The Morgan fingerprint density at radius 1 is 1.17 bits per heavy atom. The van der Waals surface area contributed by atoms with Gasteiger partial charge in [-0.2, -0.15) is 0 Å². The molecular formula is C13H15F2NO2. The summed E-state index contributed by atoms with van der Waals surface area (Å²) in [5.74, 6) is -2.04. The van der Waals surface area contributed by atoms with E-state index in [1.165, 1.54) is 6.07 Å². The van der Waals surface area contributed by atoms with Crippen LogP contribution in [0.1, 0.15) is 30.9 Å². The summed E-state index contributed by atoms with van der Waals surface area (Å²) < 4.78 is 38.2. The number of halogens is 2. The van der Waals surface area contributed by atoms with Gasteiger partial charge in [0.2, 0.25) is 0 Å². The lowest BCUT2D eigenvalue weighted by molar-refractivity contribution is 0.0154. The molecular weight excluding hydrogens is 240 g/mol. The minimum Gasteiger partial charge on any atom is -0.486 e. The van der Waals surface area contributed by atoms with E-state index in [9.17, 15) is 8.78 Å². The fourth-order valence-corrected chi connectivity index (χ4v) is 2.27. The Bertz CT molecular complexity index is 458. The molecule has 3 nitrogen and oxygen atoms in total. The summed E-state index contributed by atoms with van der Waals surface area (Å²) in [6.45, 7) is 1.70. The van der Waals surface area contributed by atoms with E-state index in [1.807, 2.05) is 0 Å². The summed E-state index contributed by atoms with van der Waals surface area (Å²) in [5, 5.41) is 0. The van der Waals surface area contributed by atoms with Crippen LogP contribution in [0.4, 0.5) is 8.78 Å².